The summed E-state index contributed by atoms with van der Waals surface area (Å²) in [6.07, 6.45) is 5.38. The zero-order valence-corrected chi connectivity index (χ0v) is 17.8. The highest BCUT2D eigenvalue weighted by atomic mass is 19.1. The third-order valence-corrected chi connectivity index (χ3v) is 6.96. The van der Waals surface area contributed by atoms with E-state index in [1.807, 2.05) is 0 Å². The molecular weight excluding hydrogens is 414 g/mol. The lowest BCUT2D eigenvalue weighted by Gasteiger charge is -2.52. The van der Waals surface area contributed by atoms with Gasteiger partial charge in [0, 0.05) is 50.4 Å². The van der Waals surface area contributed by atoms with Crippen molar-refractivity contribution in [2.75, 3.05) is 24.5 Å². The van der Waals surface area contributed by atoms with Crippen molar-refractivity contribution < 1.29 is 18.4 Å². The lowest BCUT2D eigenvalue weighted by atomic mass is 9.76. The topological polar surface area (TPSA) is 65.5 Å². The van der Waals surface area contributed by atoms with Crippen molar-refractivity contribution in [3.63, 3.8) is 0 Å². The number of rotatable bonds is 4. The monoisotopic (exact) mass is 440 g/mol. The first-order chi connectivity index (χ1) is 15.5. The molecule has 1 aromatic carbocycles. The maximum absolute atomic E-state index is 13.9. The largest absolute Gasteiger partial charge is 0.355 e. The van der Waals surface area contributed by atoms with E-state index in [9.17, 15) is 18.4 Å². The minimum atomic E-state index is -0.562. The first kappa shape index (κ1) is 20.8. The maximum Gasteiger partial charge on any atom is 0.255 e. The molecule has 3 atom stereocenters. The minimum Gasteiger partial charge on any atom is -0.355 e. The van der Waals surface area contributed by atoms with Gasteiger partial charge in [-0.2, -0.15) is 0 Å². The summed E-state index contributed by atoms with van der Waals surface area (Å²) in [4.78, 5) is 34.1. The fourth-order valence-electron chi connectivity index (χ4n) is 5.56. The number of hydrogen-bond donors (Lipinski definition) is 1. The number of aromatic nitrogens is 1. The van der Waals surface area contributed by atoms with E-state index >= 15 is 0 Å². The van der Waals surface area contributed by atoms with Gasteiger partial charge in [0.1, 0.15) is 17.5 Å². The Balaban J connectivity index is 1.33. The summed E-state index contributed by atoms with van der Waals surface area (Å²) in [6.45, 7) is 2.15. The van der Waals surface area contributed by atoms with Crippen LogP contribution in [0.25, 0.3) is 0 Å². The van der Waals surface area contributed by atoms with Crippen LogP contribution in [-0.2, 0) is 11.3 Å². The van der Waals surface area contributed by atoms with Crippen molar-refractivity contribution in [3.8, 4) is 0 Å². The van der Waals surface area contributed by atoms with Crippen LogP contribution in [0.3, 0.4) is 0 Å². The SMILES string of the molecule is O=C(NCc1cc(F)ccc1F)c1cccnc1N1C[C@H]2C[C@H](C1)[C@H]1CCCC(=O)N1C2. The molecule has 1 aromatic heterocycles. The summed E-state index contributed by atoms with van der Waals surface area (Å²) < 4.78 is 27.4. The Kier molecular flexibility index (Phi) is 5.53. The van der Waals surface area contributed by atoms with Crippen molar-refractivity contribution in [3.05, 3.63) is 59.3 Å². The van der Waals surface area contributed by atoms with E-state index in [0.717, 1.165) is 57.1 Å². The number of carbonyl (C=O) groups is 2. The number of piperidine rings is 3. The van der Waals surface area contributed by atoms with Crippen molar-refractivity contribution in [2.45, 2.75) is 38.3 Å². The Bertz CT molecular complexity index is 1050. The number of fused-ring (bicyclic) bond motifs is 4. The molecule has 0 radical (unpaired) electrons. The lowest BCUT2D eigenvalue weighted by molar-refractivity contribution is -0.142. The van der Waals surface area contributed by atoms with E-state index in [4.69, 9.17) is 0 Å². The highest BCUT2D eigenvalue weighted by Gasteiger charge is 2.44. The number of benzene rings is 1. The van der Waals surface area contributed by atoms with Crippen LogP contribution in [0, 0.1) is 23.5 Å². The normalized spacial score (nSPS) is 24.8. The number of hydrogen-bond acceptors (Lipinski definition) is 4. The van der Waals surface area contributed by atoms with Gasteiger partial charge >= 0.3 is 0 Å². The van der Waals surface area contributed by atoms with Crippen LogP contribution < -0.4 is 10.2 Å². The minimum absolute atomic E-state index is 0.0957. The number of amides is 2. The Morgan fingerprint density at radius 2 is 2.06 bits per heavy atom. The summed E-state index contributed by atoms with van der Waals surface area (Å²) >= 11 is 0. The lowest BCUT2D eigenvalue weighted by Crippen LogP contribution is -2.60. The predicted octanol–water partition coefficient (Wildman–Crippen LogP) is 3.13. The maximum atomic E-state index is 13.9. The van der Waals surface area contributed by atoms with E-state index in [-0.39, 0.29) is 30.0 Å². The van der Waals surface area contributed by atoms with Crippen LogP contribution in [-0.4, -0.2) is 47.4 Å². The molecule has 1 N–H and O–H groups in total. The van der Waals surface area contributed by atoms with Gasteiger partial charge in [0.15, 0.2) is 0 Å². The Labute approximate surface area is 185 Å². The first-order valence-corrected chi connectivity index (χ1v) is 11.2. The Hall–Kier alpha value is -3.03. The van der Waals surface area contributed by atoms with E-state index in [1.54, 1.807) is 18.3 Å². The van der Waals surface area contributed by atoms with E-state index in [0.29, 0.717) is 29.6 Å². The molecule has 3 aliphatic rings. The summed E-state index contributed by atoms with van der Waals surface area (Å²) in [6, 6.07) is 6.87. The van der Waals surface area contributed by atoms with Gasteiger partial charge in [-0.05, 0) is 61.4 Å². The first-order valence-electron chi connectivity index (χ1n) is 11.2. The van der Waals surface area contributed by atoms with E-state index < -0.39 is 11.6 Å². The predicted molar refractivity (Wildman–Crippen MR) is 115 cm³/mol. The van der Waals surface area contributed by atoms with Crippen molar-refractivity contribution >= 4 is 17.6 Å². The fourth-order valence-corrected chi connectivity index (χ4v) is 5.56. The quantitative estimate of drug-likeness (QED) is 0.794. The van der Waals surface area contributed by atoms with Gasteiger partial charge in [0.25, 0.3) is 5.91 Å². The molecule has 5 rings (SSSR count). The van der Waals surface area contributed by atoms with Gasteiger partial charge in [-0.1, -0.05) is 0 Å². The number of pyridine rings is 1. The van der Waals surface area contributed by atoms with Crippen LogP contribution >= 0.6 is 0 Å². The molecule has 4 heterocycles. The van der Waals surface area contributed by atoms with E-state index in [2.05, 4.69) is 20.1 Å². The van der Waals surface area contributed by atoms with Crippen molar-refractivity contribution in [1.82, 2.24) is 15.2 Å². The molecule has 0 unspecified atom stereocenters. The highest BCUT2D eigenvalue weighted by molar-refractivity contribution is 5.98. The number of nitrogens with one attached hydrogen (secondary N) is 1. The van der Waals surface area contributed by atoms with Gasteiger partial charge in [-0.3, -0.25) is 9.59 Å². The number of halogens is 2. The molecule has 2 bridgehead atoms. The van der Waals surface area contributed by atoms with Crippen LogP contribution in [0.1, 0.15) is 41.6 Å². The molecular formula is C24H26F2N4O2. The van der Waals surface area contributed by atoms with Crippen LogP contribution in [0.5, 0.6) is 0 Å². The second-order valence-electron chi connectivity index (χ2n) is 9.07. The number of carbonyl (C=O) groups excluding carboxylic acids is 2. The van der Waals surface area contributed by atoms with Crippen LogP contribution in [0.4, 0.5) is 14.6 Å². The third-order valence-electron chi connectivity index (χ3n) is 6.96. The van der Waals surface area contributed by atoms with Crippen molar-refractivity contribution in [2.24, 2.45) is 11.8 Å². The molecule has 3 saturated heterocycles. The van der Waals surface area contributed by atoms with Gasteiger partial charge in [-0.25, -0.2) is 13.8 Å². The summed E-state index contributed by atoms with van der Waals surface area (Å²) in [7, 11) is 0. The summed E-state index contributed by atoms with van der Waals surface area (Å²) in [5.74, 6) is 0.114. The molecule has 168 valence electrons. The molecule has 2 aromatic rings. The Morgan fingerprint density at radius 3 is 2.94 bits per heavy atom. The van der Waals surface area contributed by atoms with E-state index in [1.165, 1.54) is 0 Å². The molecule has 0 saturated carbocycles. The molecule has 2 amide bonds. The summed E-state index contributed by atoms with van der Waals surface area (Å²) in [5, 5.41) is 2.70. The molecule has 0 aliphatic carbocycles. The number of nitrogens with zero attached hydrogens (tertiary/aromatic N) is 3. The Morgan fingerprint density at radius 1 is 1.19 bits per heavy atom. The molecule has 6 nitrogen and oxygen atoms in total. The average molecular weight is 440 g/mol. The molecule has 32 heavy (non-hydrogen) atoms. The van der Waals surface area contributed by atoms with Crippen LogP contribution in [0.15, 0.2) is 36.5 Å². The van der Waals surface area contributed by atoms with Gasteiger partial charge in [0.05, 0.1) is 5.56 Å². The molecule has 0 spiro atoms. The third kappa shape index (κ3) is 3.94. The van der Waals surface area contributed by atoms with Crippen molar-refractivity contribution in [1.29, 1.82) is 0 Å². The van der Waals surface area contributed by atoms with Gasteiger partial charge < -0.3 is 15.1 Å². The van der Waals surface area contributed by atoms with Crippen LogP contribution in [0.2, 0.25) is 0 Å². The zero-order chi connectivity index (χ0) is 22.2. The fraction of sp³-hybridized carbons (Fsp3) is 0.458. The molecule has 3 fully saturated rings. The number of anilines is 1. The molecule has 3 aliphatic heterocycles. The second kappa shape index (κ2) is 8.48. The summed E-state index contributed by atoms with van der Waals surface area (Å²) in [5.41, 5.74) is 0.513. The van der Waals surface area contributed by atoms with Gasteiger partial charge in [-0.15, -0.1) is 0 Å². The standard InChI is InChI=1S/C24H26F2N4O2/c25-18-6-7-20(26)16(10-18)11-28-24(32)19-3-2-8-27-23(19)29-12-15-9-17(14-29)21-4-1-5-22(31)30(21)13-15/h2-3,6-8,10,15,17,21H,1,4-5,9,11-14H2,(H,28,32)/t15-,17-,21-/m1/s1. The second-order valence-corrected chi connectivity index (χ2v) is 9.07. The van der Waals surface area contributed by atoms with Gasteiger partial charge in [0.2, 0.25) is 5.91 Å². The molecule has 8 heteroatoms. The smallest absolute Gasteiger partial charge is 0.255 e. The zero-order valence-electron chi connectivity index (χ0n) is 17.8. The average Bonchev–Trinajstić information content (AvgIpc) is 2.80. The highest BCUT2D eigenvalue weighted by Crippen LogP contribution is 2.39.